The second-order valence-corrected chi connectivity index (χ2v) is 17.9. The lowest BCUT2D eigenvalue weighted by Gasteiger charge is -2.35. The Morgan fingerprint density at radius 1 is 0.214 bits per heavy atom. The Kier molecular flexibility index (Phi) is 9.78. The molecule has 0 aromatic heterocycles. The number of rotatable bonds is 10. The van der Waals surface area contributed by atoms with Crippen molar-refractivity contribution in [1.29, 1.82) is 0 Å². The Labute approximate surface area is 331 Å². The first-order valence-electron chi connectivity index (χ1n) is 19.3. The first-order chi connectivity index (χ1) is 27.8. The fraction of sp³-hybridized carbons (Fsp3) is 0. The van der Waals surface area contributed by atoms with Gasteiger partial charge in [0.1, 0.15) is 0 Å². The highest BCUT2D eigenvalue weighted by molar-refractivity contribution is 7.19. The number of hydrogen-bond acceptors (Lipinski definition) is 1. The van der Waals surface area contributed by atoms with Crippen LogP contribution in [0.15, 0.2) is 249 Å². The molecule has 9 aromatic carbocycles. The zero-order chi connectivity index (χ0) is 37.6. The van der Waals surface area contributed by atoms with Crippen molar-refractivity contribution >= 4 is 45.9 Å². The molecule has 9 rings (SSSR count). The van der Waals surface area contributed by atoms with Gasteiger partial charge in [0.15, 0.2) is 8.07 Å². The third-order valence-electron chi connectivity index (χ3n) is 10.8. The predicted octanol–water partition coefficient (Wildman–Crippen LogP) is 11.5. The van der Waals surface area contributed by atoms with Crippen LogP contribution in [0, 0.1) is 0 Å². The van der Waals surface area contributed by atoms with Gasteiger partial charge in [0.2, 0.25) is 0 Å². The van der Waals surface area contributed by atoms with E-state index in [-0.39, 0.29) is 0 Å². The van der Waals surface area contributed by atoms with Gasteiger partial charge in [-0.1, -0.05) is 206 Å². The van der Waals surface area contributed by atoms with E-state index < -0.39 is 8.07 Å². The van der Waals surface area contributed by atoms with Gasteiger partial charge in [-0.3, -0.25) is 0 Å². The predicted molar refractivity (Wildman–Crippen MR) is 241 cm³/mol. The van der Waals surface area contributed by atoms with Crippen LogP contribution in [0.2, 0.25) is 0 Å². The number of anilines is 3. The zero-order valence-electron chi connectivity index (χ0n) is 31.1. The van der Waals surface area contributed by atoms with Gasteiger partial charge >= 0.3 is 0 Å². The summed E-state index contributed by atoms with van der Waals surface area (Å²) in [5.74, 6) is 0. The molecule has 0 saturated carbocycles. The summed E-state index contributed by atoms with van der Waals surface area (Å²) >= 11 is 0. The lowest BCUT2D eigenvalue weighted by atomic mass is 9.98. The molecule has 0 N–H and O–H groups in total. The Hall–Kier alpha value is -7.00. The SMILES string of the molecule is c1ccc(-c2ccc(N(c3ccc([Si](c4ccccc4)(c4ccccc4)c4ccccc4)cc3)c3cccc(-c4cccc(-c5ccccc5)c4)c3)cc2)cc1. The van der Waals surface area contributed by atoms with Gasteiger partial charge in [-0.25, -0.2) is 0 Å². The fourth-order valence-electron chi connectivity index (χ4n) is 8.14. The maximum atomic E-state index is 2.39. The molecule has 0 aliphatic rings. The first kappa shape index (κ1) is 34.7. The maximum Gasteiger partial charge on any atom is 0.179 e. The molecule has 0 spiro atoms. The fourth-order valence-corrected chi connectivity index (χ4v) is 12.9. The van der Waals surface area contributed by atoms with Gasteiger partial charge in [0.05, 0.1) is 0 Å². The lowest BCUT2D eigenvalue weighted by Crippen LogP contribution is -2.74. The van der Waals surface area contributed by atoms with Crippen LogP contribution in [0.4, 0.5) is 17.1 Å². The van der Waals surface area contributed by atoms with Crippen LogP contribution >= 0.6 is 0 Å². The molecule has 1 nitrogen and oxygen atoms in total. The van der Waals surface area contributed by atoms with Crippen molar-refractivity contribution in [2.75, 3.05) is 4.90 Å². The van der Waals surface area contributed by atoms with Crippen molar-refractivity contribution in [2.45, 2.75) is 0 Å². The Morgan fingerprint density at radius 3 is 1.02 bits per heavy atom. The minimum atomic E-state index is -2.67. The van der Waals surface area contributed by atoms with Crippen LogP contribution in [0.3, 0.4) is 0 Å². The quantitative estimate of drug-likeness (QED) is 0.1000. The Morgan fingerprint density at radius 2 is 0.536 bits per heavy atom. The molecular formula is C54H41NSi. The van der Waals surface area contributed by atoms with Crippen LogP contribution in [-0.2, 0) is 0 Å². The highest BCUT2D eigenvalue weighted by atomic mass is 28.3. The molecule has 0 aliphatic carbocycles. The highest BCUT2D eigenvalue weighted by Gasteiger charge is 2.41. The van der Waals surface area contributed by atoms with E-state index in [4.69, 9.17) is 0 Å². The topological polar surface area (TPSA) is 3.24 Å². The standard InChI is InChI=1S/C54H41NSi/c1-6-18-42(19-7-1)44-32-34-48(35-33-44)55(50-25-17-24-47(41-50)46-23-16-22-45(40-46)43-20-8-2-9-21-43)49-36-38-54(39-37-49)56(51-26-10-3-11-27-51,52-28-12-4-13-29-52)53-30-14-5-15-31-53/h1-41H. The summed E-state index contributed by atoms with van der Waals surface area (Å²) in [6.07, 6.45) is 0. The summed E-state index contributed by atoms with van der Waals surface area (Å²) in [4.78, 5) is 2.39. The molecule has 0 atom stereocenters. The average molecular weight is 732 g/mol. The van der Waals surface area contributed by atoms with E-state index in [9.17, 15) is 0 Å². The summed E-state index contributed by atoms with van der Waals surface area (Å²) in [6.45, 7) is 0. The largest absolute Gasteiger partial charge is 0.310 e. The lowest BCUT2D eigenvalue weighted by molar-refractivity contribution is 1.28. The van der Waals surface area contributed by atoms with Gasteiger partial charge in [-0.15, -0.1) is 0 Å². The third-order valence-corrected chi connectivity index (χ3v) is 15.6. The molecule has 0 heterocycles. The van der Waals surface area contributed by atoms with E-state index in [0.717, 1.165) is 17.1 Å². The van der Waals surface area contributed by atoms with E-state index in [1.165, 1.54) is 54.1 Å². The first-order valence-corrected chi connectivity index (χ1v) is 21.3. The highest BCUT2D eigenvalue weighted by Crippen LogP contribution is 2.38. The average Bonchev–Trinajstić information content (AvgIpc) is 3.29. The van der Waals surface area contributed by atoms with Crippen LogP contribution < -0.4 is 25.6 Å². The van der Waals surface area contributed by atoms with Crippen molar-refractivity contribution < 1.29 is 0 Å². The maximum absolute atomic E-state index is 2.67. The van der Waals surface area contributed by atoms with E-state index in [2.05, 4.69) is 254 Å². The van der Waals surface area contributed by atoms with Crippen molar-refractivity contribution in [1.82, 2.24) is 0 Å². The van der Waals surface area contributed by atoms with Crippen LogP contribution in [0.1, 0.15) is 0 Å². The molecule has 0 radical (unpaired) electrons. The molecule has 0 aliphatic heterocycles. The third kappa shape index (κ3) is 6.79. The summed E-state index contributed by atoms with van der Waals surface area (Å²) in [6, 6.07) is 90.7. The van der Waals surface area contributed by atoms with Crippen molar-refractivity contribution in [3.8, 4) is 33.4 Å². The van der Waals surface area contributed by atoms with Crippen molar-refractivity contribution in [2.24, 2.45) is 0 Å². The van der Waals surface area contributed by atoms with E-state index in [1.54, 1.807) is 0 Å². The van der Waals surface area contributed by atoms with Crippen LogP contribution in [0.25, 0.3) is 33.4 Å². The Bertz CT molecular complexity index is 2550. The van der Waals surface area contributed by atoms with Gasteiger partial charge in [0.25, 0.3) is 0 Å². The van der Waals surface area contributed by atoms with E-state index >= 15 is 0 Å². The Balaban J connectivity index is 1.18. The summed E-state index contributed by atoms with van der Waals surface area (Å²) < 4.78 is 0. The normalized spacial score (nSPS) is 11.2. The minimum Gasteiger partial charge on any atom is -0.310 e. The van der Waals surface area contributed by atoms with Crippen LogP contribution in [0.5, 0.6) is 0 Å². The summed E-state index contributed by atoms with van der Waals surface area (Å²) in [5.41, 5.74) is 10.5. The minimum absolute atomic E-state index is 1.10. The molecule has 266 valence electrons. The molecule has 0 fully saturated rings. The van der Waals surface area contributed by atoms with Gasteiger partial charge < -0.3 is 4.90 Å². The van der Waals surface area contributed by atoms with Gasteiger partial charge in [0, 0.05) is 17.1 Å². The molecule has 2 heteroatoms. The molecule has 0 amide bonds. The molecular weight excluding hydrogens is 691 g/mol. The smallest absolute Gasteiger partial charge is 0.179 e. The monoisotopic (exact) mass is 731 g/mol. The second kappa shape index (κ2) is 15.8. The number of benzene rings is 9. The summed E-state index contributed by atoms with van der Waals surface area (Å²) in [7, 11) is -2.67. The van der Waals surface area contributed by atoms with Crippen LogP contribution in [-0.4, -0.2) is 8.07 Å². The molecule has 9 aromatic rings. The molecule has 0 saturated heterocycles. The number of nitrogens with zero attached hydrogens (tertiary/aromatic N) is 1. The second-order valence-electron chi connectivity index (χ2n) is 14.1. The number of hydrogen-bond donors (Lipinski definition) is 0. The zero-order valence-corrected chi connectivity index (χ0v) is 32.1. The van der Waals surface area contributed by atoms with Gasteiger partial charge in [-0.05, 0) is 96.6 Å². The van der Waals surface area contributed by atoms with Crippen molar-refractivity contribution in [3.05, 3.63) is 249 Å². The molecule has 56 heavy (non-hydrogen) atoms. The van der Waals surface area contributed by atoms with E-state index in [1.807, 2.05) is 0 Å². The van der Waals surface area contributed by atoms with Gasteiger partial charge in [-0.2, -0.15) is 0 Å². The summed E-state index contributed by atoms with van der Waals surface area (Å²) in [5, 5.41) is 5.44. The molecule has 0 bridgehead atoms. The molecule has 0 unspecified atom stereocenters. The van der Waals surface area contributed by atoms with Crippen molar-refractivity contribution in [3.63, 3.8) is 0 Å². The van der Waals surface area contributed by atoms with E-state index in [0.29, 0.717) is 0 Å².